The molecule has 1 atom stereocenters. The number of methoxy groups -OCH3 is 1. The number of hydrogen-bond donors (Lipinski definition) is 2. The van der Waals surface area contributed by atoms with Crippen LogP contribution in [0.1, 0.15) is 35.7 Å². The van der Waals surface area contributed by atoms with Gasteiger partial charge in [-0.25, -0.2) is 4.79 Å². The van der Waals surface area contributed by atoms with Crippen molar-refractivity contribution in [2.75, 3.05) is 33.9 Å². The Morgan fingerprint density at radius 2 is 2.08 bits per heavy atom. The fourth-order valence-corrected chi connectivity index (χ4v) is 2.72. The molecule has 0 saturated carbocycles. The topological polar surface area (TPSA) is 72.0 Å². The molecular formula is C18H27N3O3. The number of aliphatic imine (C=N–C) groups is 1. The van der Waals surface area contributed by atoms with E-state index in [1.807, 2.05) is 12.1 Å². The highest BCUT2D eigenvalue weighted by Crippen LogP contribution is 2.23. The normalized spacial score (nSPS) is 20.7. The van der Waals surface area contributed by atoms with Crippen LogP contribution in [0, 0.1) is 0 Å². The van der Waals surface area contributed by atoms with Crippen molar-refractivity contribution < 1.29 is 14.3 Å². The first-order valence-corrected chi connectivity index (χ1v) is 8.32. The van der Waals surface area contributed by atoms with Crippen LogP contribution in [0.2, 0.25) is 0 Å². The Kier molecular flexibility index (Phi) is 6.61. The highest BCUT2D eigenvalue weighted by Gasteiger charge is 2.29. The Morgan fingerprint density at radius 3 is 2.67 bits per heavy atom. The van der Waals surface area contributed by atoms with Gasteiger partial charge in [-0.2, -0.15) is 0 Å². The van der Waals surface area contributed by atoms with E-state index in [1.165, 1.54) is 7.11 Å². The maximum Gasteiger partial charge on any atom is 0.337 e. The Balaban J connectivity index is 1.74. The van der Waals surface area contributed by atoms with Crippen molar-refractivity contribution in [3.63, 3.8) is 0 Å². The van der Waals surface area contributed by atoms with E-state index in [9.17, 15) is 4.79 Å². The molecular weight excluding hydrogens is 306 g/mol. The van der Waals surface area contributed by atoms with E-state index in [2.05, 4.69) is 22.5 Å². The van der Waals surface area contributed by atoms with Crippen molar-refractivity contribution in [2.24, 2.45) is 4.99 Å². The van der Waals surface area contributed by atoms with Gasteiger partial charge in [0.25, 0.3) is 0 Å². The van der Waals surface area contributed by atoms with Crippen LogP contribution in [0.15, 0.2) is 29.3 Å². The third-order valence-corrected chi connectivity index (χ3v) is 4.24. The lowest BCUT2D eigenvalue weighted by Crippen LogP contribution is -2.45. The van der Waals surface area contributed by atoms with Gasteiger partial charge in [0.1, 0.15) is 0 Å². The molecule has 1 fully saturated rings. The summed E-state index contributed by atoms with van der Waals surface area (Å²) < 4.78 is 10.5. The summed E-state index contributed by atoms with van der Waals surface area (Å²) in [5, 5.41) is 6.62. The lowest BCUT2D eigenvalue weighted by atomic mass is 10.0. The number of rotatable bonds is 6. The second kappa shape index (κ2) is 8.68. The zero-order valence-corrected chi connectivity index (χ0v) is 14.7. The van der Waals surface area contributed by atoms with Gasteiger partial charge in [-0.15, -0.1) is 0 Å². The summed E-state index contributed by atoms with van der Waals surface area (Å²) in [6.45, 7) is 4.48. The van der Waals surface area contributed by atoms with E-state index >= 15 is 0 Å². The molecule has 1 aliphatic heterocycles. The molecule has 6 heteroatoms. The monoisotopic (exact) mass is 333 g/mol. The molecule has 132 valence electrons. The van der Waals surface area contributed by atoms with Gasteiger partial charge < -0.3 is 20.1 Å². The van der Waals surface area contributed by atoms with E-state index in [0.717, 1.165) is 50.5 Å². The molecule has 0 amide bonds. The third kappa shape index (κ3) is 5.23. The molecule has 1 aliphatic rings. The molecule has 0 aromatic heterocycles. The minimum absolute atomic E-state index is 0.0959. The maximum atomic E-state index is 11.4. The van der Waals surface area contributed by atoms with Crippen molar-refractivity contribution >= 4 is 11.9 Å². The third-order valence-electron chi connectivity index (χ3n) is 4.24. The fourth-order valence-electron chi connectivity index (χ4n) is 2.72. The summed E-state index contributed by atoms with van der Waals surface area (Å²) in [5.41, 5.74) is 1.62. The average Bonchev–Trinajstić information content (AvgIpc) is 3.04. The van der Waals surface area contributed by atoms with Crippen molar-refractivity contribution in [3.05, 3.63) is 35.4 Å². The number of esters is 1. The van der Waals surface area contributed by atoms with Crippen molar-refractivity contribution in [1.29, 1.82) is 0 Å². The van der Waals surface area contributed by atoms with Gasteiger partial charge in [0.15, 0.2) is 5.96 Å². The first kappa shape index (κ1) is 18.3. The highest BCUT2D eigenvalue weighted by atomic mass is 16.5. The van der Waals surface area contributed by atoms with Gasteiger partial charge in [-0.3, -0.25) is 4.99 Å². The number of carbonyl (C=O) groups excluding carboxylic acids is 1. The minimum atomic E-state index is -0.313. The zero-order chi connectivity index (χ0) is 17.4. The van der Waals surface area contributed by atoms with Crippen LogP contribution in [0.3, 0.4) is 0 Å². The number of guanidine groups is 1. The van der Waals surface area contributed by atoms with Crippen molar-refractivity contribution in [2.45, 2.75) is 31.8 Å². The zero-order valence-electron chi connectivity index (χ0n) is 14.7. The van der Waals surface area contributed by atoms with Gasteiger partial charge >= 0.3 is 5.97 Å². The van der Waals surface area contributed by atoms with E-state index in [4.69, 9.17) is 9.47 Å². The molecule has 2 rings (SSSR count). The van der Waals surface area contributed by atoms with Gasteiger partial charge in [0, 0.05) is 26.7 Å². The average molecular weight is 333 g/mol. The molecule has 2 N–H and O–H groups in total. The second-order valence-electron chi connectivity index (χ2n) is 6.19. The van der Waals surface area contributed by atoms with Gasteiger partial charge in [0.2, 0.25) is 0 Å². The van der Waals surface area contributed by atoms with Gasteiger partial charge in [-0.1, -0.05) is 12.1 Å². The largest absolute Gasteiger partial charge is 0.465 e. The Bertz CT molecular complexity index is 563. The lowest BCUT2D eigenvalue weighted by Gasteiger charge is -2.24. The van der Waals surface area contributed by atoms with Crippen LogP contribution in [-0.4, -0.2) is 51.4 Å². The fraction of sp³-hybridized carbons (Fsp3) is 0.556. The van der Waals surface area contributed by atoms with E-state index in [-0.39, 0.29) is 11.6 Å². The number of carbonyl (C=O) groups is 1. The van der Waals surface area contributed by atoms with Crippen LogP contribution in [-0.2, 0) is 15.9 Å². The molecule has 1 aromatic rings. The van der Waals surface area contributed by atoms with Crippen molar-refractivity contribution in [3.8, 4) is 0 Å². The summed E-state index contributed by atoms with van der Waals surface area (Å²) in [6.07, 6.45) is 3.03. The number of ether oxygens (including phenoxy) is 2. The highest BCUT2D eigenvalue weighted by molar-refractivity contribution is 5.89. The molecule has 1 saturated heterocycles. The molecule has 1 unspecified atom stereocenters. The first-order chi connectivity index (χ1) is 11.6. The molecule has 1 heterocycles. The summed E-state index contributed by atoms with van der Waals surface area (Å²) in [4.78, 5) is 15.6. The van der Waals surface area contributed by atoms with Gasteiger partial charge in [-0.05, 0) is 43.9 Å². The van der Waals surface area contributed by atoms with Gasteiger partial charge in [0.05, 0.1) is 18.3 Å². The smallest absolute Gasteiger partial charge is 0.337 e. The molecule has 24 heavy (non-hydrogen) atoms. The SMILES string of the molecule is CN=C(NCCc1ccc(C(=O)OC)cc1)NCC1(C)CCCO1. The number of nitrogens with one attached hydrogen (secondary N) is 2. The van der Waals surface area contributed by atoms with E-state index in [1.54, 1.807) is 19.2 Å². The Hall–Kier alpha value is -2.08. The Morgan fingerprint density at radius 1 is 1.33 bits per heavy atom. The lowest BCUT2D eigenvalue weighted by molar-refractivity contribution is 0.0243. The predicted octanol–water partition coefficient (Wildman–Crippen LogP) is 1.75. The number of benzene rings is 1. The standard InChI is InChI=1S/C18H27N3O3/c1-18(10-4-12-24-18)13-21-17(19-2)20-11-9-14-5-7-15(8-6-14)16(22)23-3/h5-8H,4,9-13H2,1-3H3,(H2,19,20,21). The molecule has 6 nitrogen and oxygen atoms in total. The van der Waals surface area contributed by atoms with E-state index < -0.39 is 0 Å². The van der Waals surface area contributed by atoms with Crippen LogP contribution < -0.4 is 10.6 Å². The van der Waals surface area contributed by atoms with Crippen molar-refractivity contribution in [1.82, 2.24) is 10.6 Å². The maximum absolute atomic E-state index is 11.4. The number of hydrogen-bond acceptors (Lipinski definition) is 4. The predicted molar refractivity (Wildman–Crippen MR) is 94.4 cm³/mol. The molecule has 0 bridgehead atoms. The minimum Gasteiger partial charge on any atom is -0.465 e. The second-order valence-corrected chi connectivity index (χ2v) is 6.19. The van der Waals surface area contributed by atoms with Crippen LogP contribution in [0.5, 0.6) is 0 Å². The molecule has 0 aliphatic carbocycles. The van der Waals surface area contributed by atoms with E-state index in [0.29, 0.717) is 5.56 Å². The van der Waals surface area contributed by atoms with Crippen LogP contribution in [0.25, 0.3) is 0 Å². The molecule has 0 radical (unpaired) electrons. The summed E-state index contributed by atoms with van der Waals surface area (Å²) in [6, 6.07) is 7.45. The summed E-state index contributed by atoms with van der Waals surface area (Å²) in [7, 11) is 3.15. The quantitative estimate of drug-likeness (QED) is 0.471. The summed E-state index contributed by atoms with van der Waals surface area (Å²) in [5.74, 6) is 0.463. The van der Waals surface area contributed by atoms with Crippen LogP contribution >= 0.6 is 0 Å². The molecule has 0 spiro atoms. The number of nitrogens with zero attached hydrogens (tertiary/aromatic N) is 1. The Labute approximate surface area is 143 Å². The first-order valence-electron chi connectivity index (χ1n) is 8.32. The summed E-state index contributed by atoms with van der Waals surface area (Å²) >= 11 is 0. The van der Waals surface area contributed by atoms with Crippen LogP contribution in [0.4, 0.5) is 0 Å². The molecule has 1 aromatic carbocycles.